The first-order valence-corrected chi connectivity index (χ1v) is 15.3. The minimum absolute atomic E-state index is 0.245. The lowest BCUT2D eigenvalue weighted by atomic mass is 9.98. The third kappa shape index (κ3) is 7.60. The molecule has 41 heavy (non-hydrogen) atoms. The fraction of sp³-hybridized carbons (Fsp3) is 0.406. The maximum absolute atomic E-state index is 13.7. The van der Waals surface area contributed by atoms with E-state index in [4.69, 9.17) is 19.0 Å². The van der Waals surface area contributed by atoms with E-state index < -0.39 is 27.7 Å². The summed E-state index contributed by atoms with van der Waals surface area (Å²) >= 11 is 0. The van der Waals surface area contributed by atoms with Crippen LogP contribution in [0.4, 0.5) is 4.39 Å². The molecule has 2 heterocycles. The standard InChI is InChI=1S/C32H36FNO6S/c33-27-11-9-25(10-12-27)26-7-3-5-24(23-26)6-4-20-38-28-13-15-29(16-14-28)41(36)32(17-21-37-22-18-32)31(35)34-40-30-8-1-2-19-39-30/h3,5,7,9-16,23,30H,1-2,4,6,8,17-22H2,(H,34,35). The zero-order chi connectivity index (χ0) is 28.5. The van der Waals surface area contributed by atoms with E-state index in [1.807, 2.05) is 12.1 Å². The van der Waals surface area contributed by atoms with Crippen molar-refractivity contribution in [2.45, 2.75) is 60.9 Å². The van der Waals surface area contributed by atoms with E-state index in [9.17, 15) is 13.4 Å². The normalized spacial score (nSPS) is 19.3. The van der Waals surface area contributed by atoms with Crippen molar-refractivity contribution in [3.63, 3.8) is 0 Å². The van der Waals surface area contributed by atoms with E-state index in [0.29, 0.717) is 56.3 Å². The number of carbonyl (C=O) groups is 1. The first-order chi connectivity index (χ1) is 20.0. The van der Waals surface area contributed by atoms with Gasteiger partial charge in [-0.25, -0.2) is 14.7 Å². The molecule has 3 aromatic rings. The van der Waals surface area contributed by atoms with Gasteiger partial charge >= 0.3 is 0 Å². The van der Waals surface area contributed by atoms with Crippen molar-refractivity contribution in [2.24, 2.45) is 0 Å². The lowest BCUT2D eigenvalue weighted by Gasteiger charge is -2.35. The zero-order valence-electron chi connectivity index (χ0n) is 23.0. The molecule has 2 fully saturated rings. The third-order valence-corrected chi connectivity index (χ3v) is 9.51. The molecule has 218 valence electrons. The highest BCUT2D eigenvalue weighted by atomic mass is 32.2. The fourth-order valence-electron chi connectivity index (χ4n) is 5.11. The molecule has 0 saturated carbocycles. The largest absolute Gasteiger partial charge is 0.494 e. The first-order valence-electron chi connectivity index (χ1n) is 14.2. The molecular formula is C32H36FNO6S. The summed E-state index contributed by atoms with van der Waals surface area (Å²) in [6.45, 7) is 1.83. The van der Waals surface area contributed by atoms with Crippen LogP contribution in [0.5, 0.6) is 5.75 Å². The van der Waals surface area contributed by atoms with Gasteiger partial charge in [0.25, 0.3) is 5.91 Å². The fourth-order valence-corrected chi connectivity index (χ4v) is 6.70. The van der Waals surface area contributed by atoms with E-state index in [1.54, 1.807) is 36.4 Å². The second kappa shape index (κ2) is 14.2. The molecular weight excluding hydrogens is 545 g/mol. The Morgan fingerprint density at radius 1 is 0.976 bits per heavy atom. The van der Waals surface area contributed by atoms with Crippen molar-refractivity contribution < 1.29 is 32.4 Å². The van der Waals surface area contributed by atoms with Gasteiger partial charge in [-0.15, -0.1) is 0 Å². The number of hydroxylamine groups is 1. The summed E-state index contributed by atoms with van der Waals surface area (Å²) in [4.78, 5) is 19.3. The van der Waals surface area contributed by atoms with Gasteiger partial charge < -0.3 is 14.2 Å². The Hall–Kier alpha value is -3.11. The van der Waals surface area contributed by atoms with Crippen LogP contribution in [0.2, 0.25) is 0 Å². The van der Waals surface area contributed by atoms with Crippen LogP contribution in [-0.2, 0) is 36.3 Å². The molecule has 0 bridgehead atoms. The lowest BCUT2D eigenvalue weighted by Crippen LogP contribution is -2.54. The number of amides is 1. The number of halogens is 1. The van der Waals surface area contributed by atoms with E-state index >= 15 is 0 Å². The number of ether oxygens (including phenoxy) is 3. The Kier molecular flexibility index (Phi) is 10.2. The Balaban J connectivity index is 1.14. The first kappa shape index (κ1) is 29.4. The van der Waals surface area contributed by atoms with E-state index in [2.05, 4.69) is 17.6 Å². The van der Waals surface area contributed by atoms with E-state index in [-0.39, 0.29) is 5.82 Å². The molecule has 2 unspecified atom stereocenters. The minimum atomic E-state index is -1.61. The molecule has 2 aliphatic rings. The summed E-state index contributed by atoms with van der Waals surface area (Å²) in [5.41, 5.74) is 5.75. The monoisotopic (exact) mass is 581 g/mol. The zero-order valence-corrected chi connectivity index (χ0v) is 23.8. The van der Waals surface area contributed by atoms with Gasteiger partial charge in [0.05, 0.1) is 17.4 Å². The molecule has 9 heteroatoms. The number of nitrogens with one attached hydrogen (secondary N) is 1. The average Bonchev–Trinajstić information content (AvgIpc) is 3.03. The smallest absolute Gasteiger partial charge is 0.263 e. The number of carbonyl (C=O) groups excluding carboxylic acids is 1. The van der Waals surface area contributed by atoms with E-state index in [1.165, 1.54) is 17.7 Å². The van der Waals surface area contributed by atoms with Gasteiger partial charge in [-0.1, -0.05) is 36.4 Å². The number of hydrogen-bond donors (Lipinski definition) is 1. The summed E-state index contributed by atoms with van der Waals surface area (Å²) in [5.74, 6) is 0.0242. The highest BCUT2D eigenvalue weighted by Crippen LogP contribution is 2.33. The molecule has 1 amide bonds. The predicted molar refractivity (Wildman–Crippen MR) is 154 cm³/mol. The van der Waals surface area contributed by atoms with Crippen LogP contribution < -0.4 is 10.2 Å². The molecule has 2 saturated heterocycles. The van der Waals surface area contributed by atoms with Crippen LogP contribution >= 0.6 is 0 Å². The van der Waals surface area contributed by atoms with Gasteiger partial charge in [0.2, 0.25) is 0 Å². The van der Waals surface area contributed by atoms with Crippen LogP contribution in [0.25, 0.3) is 11.1 Å². The SMILES string of the molecule is O=C(NOC1CCCCO1)C1(S(=O)c2ccc(OCCCc3cccc(-c4ccc(F)cc4)c3)cc2)CCOCC1. The molecule has 0 aliphatic carbocycles. The number of aryl methyl sites for hydroxylation is 1. The number of rotatable bonds is 11. The Morgan fingerprint density at radius 2 is 1.76 bits per heavy atom. The van der Waals surface area contributed by atoms with Crippen molar-refractivity contribution in [3.8, 4) is 16.9 Å². The van der Waals surface area contributed by atoms with Gasteiger partial charge in [-0.2, -0.15) is 0 Å². The number of hydrogen-bond acceptors (Lipinski definition) is 6. The second-order valence-electron chi connectivity index (χ2n) is 10.4. The van der Waals surface area contributed by atoms with Gasteiger partial charge in [0.15, 0.2) is 6.29 Å². The molecule has 7 nitrogen and oxygen atoms in total. The topological polar surface area (TPSA) is 83.1 Å². The van der Waals surface area contributed by atoms with Crippen molar-refractivity contribution in [1.29, 1.82) is 0 Å². The molecule has 5 rings (SSSR count). The highest BCUT2D eigenvalue weighted by Gasteiger charge is 2.47. The van der Waals surface area contributed by atoms with Crippen molar-refractivity contribution in [3.05, 3.63) is 84.2 Å². The van der Waals surface area contributed by atoms with Crippen LogP contribution in [0.3, 0.4) is 0 Å². The van der Waals surface area contributed by atoms with Gasteiger partial charge in [-0.3, -0.25) is 9.00 Å². The predicted octanol–water partition coefficient (Wildman–Crippen LogP) is 5.74. The summed E-state index contributed by atoms with van der Waals surface area (Å²) in [7, 11) is -1.61. The Labute approximate surface area is 242 Å². The average molecular weight is 582 g/mol. The van der Waals surface area contributed by atoms with Gasteiger partial charge in [-0.05, 0) is 91.6 Å². The maximum atomic E-state index is 13.7. The molecule has 2 atom stereocenters. The summed E-state index contributed by atoms with van der Waals surface area (Å²) in [6, 6.07) is 21.8. The number of benzene rings is 3. The van der Waals surface area contributed by atoms with Crippen LogP contribution in [0.15, 0.2) is 77.7 Å². The van der Waals surface area contributed by atoms with Crippen LogP contribution in [0, 0.1) is 5.82 Å². The van der Waals surface area contributed by atoms with Crippen molar-refractivity contribution in [2.75, 3.05) is 26.4 Å². The molecule has 0 radical (unpaired) electrons. The van der Waals surface area contributed by atoms with Crippen molar-refractivity contribution >= 4 is 16.7 Å². The Bertz CT molecular complexity index is 1300. The van der Waals surface area contributed by atoms with Crippen LogP contribution in [0.1, 0.15) is 44.1 Å². The molecule has 1 N–H and O–H groups in total. The van der Waals surface area contributed by atoms with Crippen molar-refractivity contribution in [1.82, 2.24) is 5.48 Å². The summed E-state index contributed by atoms with van der Waals surface area (Å²) in [5, 5.41) is 0. The highest BCUT2D eigenvalue weighted by molar-refractivity contribution is 7.87. The third-order valence-electron chi connectivity index (χ3n) is 7.51. The molecule has 0 spiro atoms. The van der Waals surface area contributed by atoms with E-state index in [0.717, 1.165) is 36.8 Å². The maximum Gasteiger partial charge on any atom is 0.263 e. The molecule has 0 aromatic heterocycles. The second-order valence-corrected chi connectivity index (χ2v) is 12.1. The molecule has 3 aromatic carbocycles. The quantitative estimate of drug-likeness (QED) is 0.230. The van der Waals surface area contributed by atoms with Gasteiger partial charge in [0.1, 0.15) is 16.3 Å². The summed E-state index contributed by atoms with van der Waals surface area (Å²) < 4.78 is 42.8. The summed E-state index contributed by atoms with van der Waals surface area (Å²) in [6.07, 6.45) is 4.51. The van der Waals surface area contributed by atoms with Crippen LogP contribution in [-0.4, -0.2) is 47.6 Å². The molecule has 2 aliphatic heterocycles. The minimum Gasteiger partial charge on any atom is -0.494 e. The Morgan fingerprint density at radius 3 is 2.49 bits per heavy atom. The van der Waals surface area contributed by atoms with Gasteiger partial charge in [0, 0.05) is 31.1 Å². The lowest BCUT2D eigenvalue weighted by molar-refractivity contribution is -0.202.